The van der Waals surface area contributed by atoms with Crippen molar-refractivity contribution in [3.05, 3.63) is 12.2 Å². The fourth-order valence-electron chi connectivity index (χ4n) is 1.71. The Balaban J connectivity index is 2.10. The Kier molecular flexibility index (Phi) is 1.31. The number of allylic oxidation sites excluding steroid dienone is 1. The summed E-state index contributed by atoms with van der Waals surface area (Å²) in [6.07, 6.45) is 7.22. The van der Waals surface area contributed by atoms with Crippen LogP contribution >= 0.6 is 0 Å². The lowest BCUT2D eigenvalue weighted by Crippen LogP contribution is -2.12. The quantitative estimate of drug-likeness (QED) is 0.446. The lowest BCUT2D eigenvalue weighted by molar-refractivity contribution is 0.182. The highest BCUT2D eigenvalue weighted by molar-refractivity contribution is 4.98. The van der Waals surface area contributed by atoms with Crippen molar-refractivity contribution in [1.82, 2.24) is 0 Å². The smallest absolute Gasteiger partial charge is 0.0532 e. The van der Waals surface area contributed by atoms with Crippen molar-refractivity contribution in [3.63, 3.8) is 0 Å². The Morgan fingerprint density at radius 3 is 3.22 bits per heavy atom. The van der Waals surface area contributed by atoms with E-state index >= 15 is 0 Å². The maximum atomic E-state index is 5.34. The topological polar surface area (TPSA) is 9.23 Å². The molecule has 2 aliphatic rings. The van der Waals surface area contributed by atoms with Crippen LogP contribution in [-0.4, -0.2) is 13.2 Å². The number of ether oxygens (including phenoxy) is 1. The highest BCUT2D eigenvalue weighted by atomic mass is 16.5. The Morgan fingerprint density at radius 2 is 2.33 bits per heavy atom. The van der Waals surface area contributed by atoms with Crippen LogP contribution in [0.25, 0.3) is 0 Å². The van der Waals surface area contributed by atoms with E-state index in [4.69, 9.17) is 4.74 Å². The molecule has 1 heteroatoms. The molecule has 1 fully saturated rings. The highest BCUT2D eigenvalue weighted by Gasteiger charge is 2.26. The first-order chi connectivity index (χ1) is 4.47. The third-order valence-corrected chi connectivity index (χ3v) is 2.34. The molecule has 0 bridgehead atoms. The molecule has 1 heterocycles. The van der Waals surface area contributed by atoms with Crippen molar-refractivity contribution in [3.8, 4) is 0 Å². The van der Waals surface area contributed by atoms with Gasteiger partial charge in [-0.2, -0.15) is 0 Å². The molecular formula is C8H12O. The first-order valence-corrected chi connectivity index (χ1v) is 3.71. The summed E-state index contributed by atoms with van der Waals surface area (Å²) in [5.74, 6) is 1.62. The van der Waals surface area contributed by atoms with E-state index in [1.807, 2.05) is 0 Å². The van der Waals surface area contributed by atoms with Gasteiger partial charge in [-0.15, -0.1) is 0 Å². The van der Waals surface area contributed by atoms with Gasteiger partial charge >= 0.3 is 0 Å². The van der Waals surface area contributed by atoms with E-state index in [0.29, 0.717) is 0 Å². The van der Waals surface area contributed by atoms with Gasteiger partial charge in [0, 0.05) is 5.92 Å². The summed E-state index contributed by atoms with van der Waals surface area (Å²) < 4.78 is 5.34. The minimum Gasteiger partial charge on any atom is -0.381 e. The summed E-state index contributed by atoms with van der Waals surface area (Å²) in [4.78, 5) is 0. The predicted molar refractivity (Wildman–Crippen MR) is 36.2 cm³/mol. The summed E-state index contributed by atoms with van der Waals surface area (Å²) in [5.41, 5.74) is 0. The number of hydrogen-bond acceptors (Lipinski definition) is 1. The van der Waals surface area contributed by atoms with Crippen molar-refractivity contribution < 1.29 is 4.74 Å². The molecule has 2 unspecified atom stereocenters. The van der Waals surface area contributed by atoms with E-state index in [2.05, 4.69) is 12.2 Å². The number of hydrogen-bond donors (Lipinski definition) is 0. The van der Waals surface area contributed by atoms with Crippen molar-refractivity contribution in [1.29, 1.82) is 0 Å². The van der Waals surface area contributed by atoms with Crippen molar-refractivity contribution in [2.45, 2.75) is 12.8 Å². The van der Waals surface area contributed by atoms with Crippen LogP contribution in [-0.2, 0) is 4.74 Å². The number of rotatable bonds is 0. The third kappa shape index (κ3) is 0.897. The molecule has 0 N–H and O–H groups in total. The van der Waals surface area contributed by atoms with Crippen LogP contribution in [0.3, 0.4) is 0 Å². The van der Waals surface area contributed by atoms with Gasteiger partial charge in [0.1, 0.15) is 0 Å². The molecule has 2 atom stereocenters. The Bertz CT molecular complexity index is 129. The average molecular weight is 124 g/mol. The van der Waals surface area contributed by atoms with E-state index in [-0.39, 0.29) is 0 Å². The predicted octanol–water partition coefficient (Wildman–Crippen LogP) is 1.60. The fraction of sp³-hybridized carbons (Fsp3) is 0.750. The molecule has 0 spiro atoms. The van der Waals surface area contributed by atoms with Gasteiger partial charge < -0.3 is 4.74 Å². The fourth-order valence-corrected chi connectivity index (χ4v) is 1.71. The summed E-state index contributed by atoms with van der Waals surface area (Å²) in [5, 5.41) is 0. The van der Waals surface area contributed by atoms with Gasteiger partial charge in [0.25, 0.3) is 0 Å². The molecule has 0 aromatic rings. The molecule has 0 radical (unpaired) electrons. The molecule has 1 saturated heterocycles. The zero-order valence-electron chi connectivity index (χ0n) is 5.55. The van der Waals surface area contributed by atoms with Crippen LogP contribution in [0, 0.1) is 11.8 Å². The van der Waals surface area contributed by atoms with Gasteiger partial charge in [-0.3, -0.25) is 0 Å². The summed E-state index contributed by atoms with van der Waals surface area (Å²) in [6, 6.07) is 0. The lowest BCUT2D eigenvalue weighted by Gasteiger charge is -2.16. The molecule has 9 heavy (non-hydrogen) atoms. The van der Waals surface area contributed by atoms with Gasteiger partial charge in [-0.1, -0.05) is 12.2 Å². The molecule has 0 saturated carbocycles. The molecule has 1 nitrogen and oxygen atoms in total. The van der Waals surface area contributed by atoms with E-state index < -0.39 is 0 Å². The Labute approximate surface area is 55.7 Å². The van der Waals surface area contributed by atoms with Crippen LogP contribution in [0.4, 0.5) is 0 Å². The molecule has 1 aliphatic heterocycles. The molecular weight excluding hydrogens is 112 g/mol. The van der Waals surface area contributed by atoms with E-state index in [9.17, 15) is 0 Å². The Hall–Kier alpha value is -0.300. The van der Waals surface area contributed by atoms with Crippen LogP contribution in [0.15, 0.2) is 12.2 Å². The van der Waals surface area contributed by atoms with Crippen molar-refractivity contribution >= 4 is 0 Å². The van der Waals surface area contributed by atoms with Gasteiger partial charge in [0.2, 0.25) is 0 Å². The summed E-state index contributed by atoms with van der Waals surface area (Å²) in [6.45, 7) is 1.98. The molecule has 2 rings (SSSR count). The van der Waals surface area contributed by atoms with Gasteiger partial charge in [-0.05, 0) is 18.8 Å². The van der Waals surface area contributed by atoms with Gasteiger partial charge in [0.15, 0.2) is 0 Å². The molecule has 0 aromatic carbocycles. The molecule has 1 aliphatic carbocycles. The standard InChI is InChI=1S/C8H12O/c1-2-4-8-6-9-5-7(8)3-1/h1,3,7-8H,2,4-6H2. The van der Waals surface area contributed by atoms with E-state index in [1.54, 1.807) is 0 Å². The second kappa shape index (κ2) is 2.14. The van der Waals surface area contributed by atoms with Gasteiger partial charge in [-0.25, -0.2) is 0 Å². The lowest BCUT2D eigenvalue weighted by atomic mass is 9.87. The normalized spacial score (nSPS) is 40.9. The van der Waals surface area contributed by atoms with Crippen molar-refractivity contribution in [2.75, 3.05) is 13.2 Å². The minimum absolute atomic E-state index is 0.763. The van der Waals surface area contributed by atoms with Crippen LogP contribution < -0.4 is 0 Å². The molecule has 50 valence electrons. The summed E-state index contributed by atoms with van der Waals surface area (Å²) >= 11 is 0. The van der Waals surface area contributed by atoms with Gasteiger partial charge in [0.05, 0.1) is 13.2 Å². The van der Waals surface area contributed by atoms with Crippen LogP contribution in [0.1, 0.15) is 12.8 Å². The maximum Gasteiger partial charge on any atom is 0.0532 e. The maximum absolute atomic E-state index is 5.34. The average Bonchev–Trinajstić information content (AvgIpc) is 2.33. The zero-order valence-corrected chi connectivity index (χ0v) is 5.55. The first kappa shape index (κ1) is 5.48. The second-order valence-electron chi connectivity index (χ2n) is 2.97. The third-order valence-electron chi connectivity index (χ3n) is 2.34. The first-order valence-electron chi connectivity index (χ1n) is 3.71. The zero-order chi connectivity index (χ0) is 6.10. The largest absolute Gasteiger partial charge is 0.381 e. The molecule has 0 aromatic heterocycles. The number of fused-ring (bicyclic) bond motifs is 1. The monoisotopic (exact) mass is 124 g/mol. The van der Waals surface area contributed by atoms with E-state index in [1.165, 1.54) is 12.8 Å². The highest BCUT2D eigenvalue weighted by Crippen LogP contribution is 2.29. The Morgan fingerprint density at radius 1 is 1.33 bits per heavy atom. The van der Waals surface area contributed by atoms with E-state index in [0.717, 1.165) is 25.0 Å². The van der Waals surface area contributed by atoms with Crippen LogP contribution in [0.5, 0.6) is 0 Å². The van der Waals surface area contributed by atoms with Crippen LogP contribution in [0.2, 0.25) is 0 Å². The minimum atomic E-state index is 0.763. The summed E-state index contributed by atoms with van der Waals surface area (Å²) in [7, 11) is 0. The molecule has 0 amide bonds. The second-order valence-corrected chi connectivity index (χ2v) is 2.97. The van der Waals surface area contributed by atoms with Crippen molar-refractivity contribution in [2.24, 2.45) is 11.8 Å². The SMILES string of the molecule is C1=CC2COCC2CC1.